The summed E-state index contributed by atoms with van der Waals surface area (Å²) in [5.41, 5.74) is 0.233. The number of aromatic nitrogens is 3. The Labute approximate surface area is 104 Å². The summed E-state index contributed by atoms with van der Waals surface area (Å²) in [4.78, 5) is 10.7. The molecule has 18 heavy (non-hydrogen) atoms. The van der Waals surface area contributed by atoms with E-state index in [0.29, 0.717) is 12.4 Å². The molecule has 0 unspecified atom stereocenters. The van der Waals surface area contributed by atoms with E-state index in [9.17, 15) is 4.79 Å². The van der Waals surface area contributed by atoms with Crippen LogP contribution in [0.5, 0.6) is 5.75 Å². The lowest BCUT2D eigenvalue weighted by Crippen LogP contribution is -2.04. The Morgan fingerprint density at radius 3 is 2.50 bits per heavy atom. The zero-order chi connectivity index (χ0) is 13.1. The molecule has 2 aromatic rings. The van der Waals surface area contributed by atoms with Crippen molar-refractivity contribution in [3.05, 3.63) is 41.5 Å². The van der Waals surface area contributed by atoms with E-state index in [1.54, 1.807) is 12.1 Å². The minimum absolute atomic E-state index is 0.233. The van der Waals surface area contributed by atoms with Gasteiger partial charge in [0.1, 0.15) is 18.2 Å². The van der Waals surface area contributed by atoms with Crippen molar-refractivity contribution in [2.45, 2.75) is 13.5 Å². The van der Waals surface area contributed by atoms with Gasteiger partial charge in [-0.25, -0.2) is 4.79 Å². The third-order valence-electron chi connectivity index (χ3n) is 2.65. The molecule has 0 bridgehead atoms. The maximum Gasteiger partial charge on any atom is 0.335 e. The fraction of sp³-hybridized carbons (Fsp3) is 0.250. The third kappa shape index (κ3) is 2.48. The smallest absolute Gasteiger partial charge is 0.335 e. The average Bonchev–Trinajstić information content (AvgIpc) is 2.68. The van der Waals surface area contributed by atoms with Gasteiger partial charge in [-0.15, -0.1) is 10.2 Å². The van der Waals surface area contributed by atoms with Crippen molar-refractivity contribution in [2.75, 3.05) is 0 Å². The highest BCUT2D eigenvalue weighted by Crippen LogP contribution is 2.13. The maximum absolute atomic E-state index is 10.7. The fourth-order valence-corrected chi connectivity index (χ4v) is 1.42. The van der Waals surface area contributed by atoms with Gasteiger partial charge in [0, 0.05) is 7.05 Å². The van der Waals surface area contributed by atoms with Crippen molar-refractivity contribution in [2.24, 2.45) is 7.05 Å². The molecule has 2 rings (SSSR count). The van der Waals surface area contributed by atoms with Gasteiger partial charge in [0.25, 0.3) is 0 Å². The van der Waals surface area contributed by atoms with Crippen LogP contribution in [0.4, 0.5) is 0 Å². The topological polar surface area (TPSA) is 77.2 Å². The quantitative estimate of drug-likeness (QED) is 0.883. The molecule has 0 amide bonds. The van der Waals surface area contributed by atoms with Gasteiger partial charge < -0.3 is 14.4 Å². The summed E-state index contributed by atoms with van der Waals surface area (Å²) in [7, 11) is 1.86. The summed E-state index contributed by atoms with van der Waals surface area (Å²) in [6, 6.07) is 6.23. The van der Waals surface area contributed by atoms with Crippen LogP contribution in [0.15, 0.2) is 24.3 Å². The van der Waals surface area contributed by atoms with Gasteiger partial charge in [-0.1, -0.05) is 0 Å². The van der Waals surface area contributed by atoms with Crippen molar-refractivity contribution in [1.82, 2.24) is 14.8 Å². The number of ether oxygens (including phenoxy) is 1. The fourth-order valence-electron chi connectivity index (χ4n) is 1.42. The van der Waals surface area contributed by atoms with Crippen molar-refractivity contribution >= 4 is 5.97 Å². The SMILES string of the molecule is Cc1nnc(COc2ccc(C(=O)O)cc2)n1C. The molecular formula is C12H13N3O3. The van der Waals surface area contributed by atoms with Gasteiger partial charge in [-0.3, -0.25) is 0 Å². The summed E-state index contributed by atoms with van der Waals surface area (Å²) in [5.74, 6) is 1.18. The van der Waals surface area contributed by atoms with E-state index in [-0.39, 0.29) is 5.56 Å². The minimum atomic E-state index is -0.953. The number of carbonyl (C=O) groups is 1. The van der Waals surface area contributed by atoms with Gasteiger partial charge in [-0.2, -0.15) is 0 Å². The van der Waals surface area contributed by atoms with Crippen LogP contribution >= 0.6 is 0 Å². The van der Waals surface area contributed by atoms with Crippen molar-refractivity contribution < 1.29 is 14.6 Å². The molecule has 0 aliphatic rings. The molecule has 0 radical (unpaired) electrons. The molecule has 0 aliphatic carbocycles. The molecule has 1 N–H and O–H groups in total. The predicted molar refractivity (Wildman–Crippen MR) is 63.5 cm³/mol. The number of carboxylic acid groups (broad SMARTS) is 1. The summed E-state index contributed by atoms with van der Waals surface area (Å²) in [6.07, 6.45) is 0. The Morgan fingerprint density at radius 1 is 1.33 bits per heavy atom. The van der Waals surface area contributed by atoms with Crippen LogP contribution in [0, 0.1) is 6.92 Å². The predicted octanol–water partition coefficient (Wildman–Crippen LogP) is 1.40. The van der Waals surface area contributed by atoms with Gasteiger partial charge in [-0.05, 0) is 31.2 Å². The first-order chi connectivity index (χ1) is 8.58. The zero-order valence-electron chi connectivity index (χ0n) is 10.1. The number of benzene rings is 1. The van der Waals surface area contributed by atoms with Crippen LogP contribution in [0.2, 0.25) is 0 Å². The van der Waals surface area contributed by atoms with E-state index in [1.165, 1.54) is 12.1 Å². The summed E-state index contributed by atoms with van der Waals surface area (Å²) < 4.78 is 7.34. The van der Waals surface area contributed by atoms with Crippen molar-refractivity contribution in [3.63, 3.8) is 0 Å². The number of nitrogens with zero attached hydrogens (tertiary/aromatic N) is 3. The highest BCUT2D eigenvalue weighted by atomic mass is 16.5. The van der Waals surface area contributed by atoms with Crippen LogP contribution in [0.25, 0.3) is 0 Å². The lowest BCUT2D eigenvalue weighted by molar-refractivity contribution is 0.0697. The van der Waals surface area contributed by atoms with Crippen LogP contribution < -0.4 is 4.74 Å². The van der Waals surface area contributed by atoms with Crippen LogP contribution in [-0.2, 0) is 13.7 Å². The standard InChI is InChI=1S/C12H13N3O3/c1-8-13-14-11(15(8)2)7-18-10-5-3-9(4-6-10)12(16)17/h3-6H,7H2,1-2H3,(H,16,17). The molecule has 6 heteroatoms. The zero-order valence-corrected chi connectivity index (χ0v) is 10.1. The Hall–Kier alpha value is -2.37. The van der Waals surface area contributed by atoms with E-state index in [1.807, 2.05) is 18.5 Å². The van der Waals surface area contributed by atoms with Gasteiger partial charge in [0.2, 0.25) is 0 Å². The minimum Gasteiger partial charge on any atom is -0.486 e. The molecule has 0 atom stereocenters. The van der Waals surface area contributed by atoms with Gasteiger partial charge in [0.15, 0.2) is 5.82 Å². The first kappa shape index (κ1) is 12.1. The van der Waals surface area contributed by atoms with E-state index < -0.39 is 5.97 Å². The molecule has 6 nitrogen and oxygen atoms in total. The molecule has 0 saturated carbocycles. The van der Waals surface area contributed by atoms with Gasteiger partial charge in [0.05, 0.1) is 5.56 Å². The summed E-state index contributed by atoms with van der Waals surface area (Å²) in [5, 5.41) is 16.7. The summed E-state index contributed by atoms with van der Waals surface area (Å²) in [6.45, 7) is 2.15. The molecule has 94 valence electrons. The lowest BCUT2D eigenvalue weighted by atomic mass is 10.2. The van der Waals surface area contributed by atoms with E-state index in [0.717, 1.165) is 11.6 Å². The highest BCUT2D eigenvalue weighted by Gasteiger charge is 2.06. The third-order valence-corrected chi connectivity index (χ3v) is 2.65. The Balaban J connectivity index is 2.02. The molecule has 0 aliphatic heterocycles. The molecule has 1 heterocycles. The number of rotatable bonds is 4. The number of hydrogen-bond acceptors (Lipinski definition) is 4. The highest BCUT2D eigenvalue weighted by molar-refractivity contribution is 5.87. The molecule has 0 saturated heterocycles. The van der Waals surface area contributed by atoms with Gasteiger partial charge >= 0.3 is 5.97 Å². The molecular weight excluding hydrogens is 234 g/mol. The van der Waals surface area contributed by atoms with E-state index in [4.69, 9.17) is 9.84 Å². The number of aryl methyl sites for hydroxylation is 1. The molecule has 0 spiro atoms. The second-order valence-corrected chi connectivity index (χ2v) is 3.84. The first-order valence-corrected chi connectivity index (χ1v) is 5.39. The van der Waals surface area contributed by atoms with E-state index in [2.05, 4.69) is 10.2 Å². The number of aromatic carboxylic acids is 1. The lowest BCUT2D eigenvalue weighted by Gasteiger charge is -2.06. The average molecular weight is 247 g/mol. The second-order valence-electron chi connectivity index (χ2n) is 3.84. The maximum atomic E-state index is 10.7. The number of hydrogen-bond donors (Lipinski definition) is 1. The van der Waals surface area contributed by atoms with Crippen molar-refractivity contribution in [1.29, 1.82) is 0 Å². The largest absolute Gasteiger partial charge is 0.486 e. The molecule has 1 aromatic carbocycles. The monoisotopic (exact) mass is 247 g/mol. The second kappa shape index (κ2) is 4.87. The Bertz CT molecular complexity index is 560. The molecule has 0 fully saturated rings. The molecule has 1 aromatic heterocycles. The van der Waals surface area contributed by atoms with Crippen LogP contribution in [0.1, 0.15) is 22.0 Å². The van der Waals surface area contributed by atoms with Crippen LogP contribution in [-0.4, -0.2) is 25.8 Å². The number of carboxylic acids is 1. The normalized spacial score (nSPS) is 10.3. The summed E-state index contributed by atoms with van der Waals surface area (Å²) >= 11 is 0. The van der Waals surface area contributed by atoms with Crippen molar-refractivity contribution in [3.8, 4) is 5.75 Å². The Morgan fingerprint density at radius 2 is 2.00 bits per heavy atom. The Kier molecular flexibility index (Phi) is 3.27. The first-order valence-electron chi connectivity index (χ1n) is 5.39. The van der Waals surface area contributed by atoms with Crippen LogP contribution in [0.3, 0.4) is 0 Å². The van der Waals surface area contributed by atoms with E-state index >= 15 is 0 Å².